The van der Waals surface area contributed by atoms with Crippen molar-refractivity contribution in [3.05, 3.63) is 16.1 Å². The Morgan fingerprint density at radius 3 is 2.50 bits per heavy atom. The summed E-state index contributed by atoms with van der Waals surface area (Å²) in [5.74, 6) is 4.68. The molecule has 3 nitrogen and oxygen atoms in total. The van der Waals surface area contributed by atoms with Gasteiger partial charge < -0.3 is 10.6 Å². The fourth-order valence-electron chi connectivity index (χ4n) is 2.15. The molecule has 2 rings (SSSR count). The van der Waals surface area contributed by atoms with Gasteiger partial charge >= 0.3 is 0 Å². The minimum Gasteiger partial charge on any atom is -0.369 e. The van der Waals surface area contributed by atoms with Gasteiger partial charge in [-0.15, -0.1) is 0 Å². The topological polar surface area (TPSA) is 37.0 Å². The highest BCUT2D eigenvalue weighted by molar-refractivity contribution is 7.99. The quantitative estimate of drug-likeness (QED) is 0.786. The van der Waals surface area contributed by atoms with Crippen LogP contribution in [-0.4, -0.2) is 29.6 Å². The zero-order valence-corrected chi connectivity index (χ0v) is 14.0. The summed E-state index contributed by atoms with van der Waals surface area (Å²) in [6, 6.07) is 1.76. The van der Waals surface area contributed by atoms with Crippen LogP contribution in [0.2, 0.25) is 10.0 Å². The summed E-state index contributed by atoms with van der Waals surface area (Å²) in [4.78, 5) is 4.50. The van der Waals surface area contributed by atoms with Gasteiger partial charge in [-0.1, -0.05) is 30.1 Å². The number of aromatic nitrogens is 1. The van der Waals surface area contributed by atoms with Crippen molar-refractivity contribution in [2.24, 2.45) is 5.92 Å². The Morgan fingerprint density at radius 1 is 1.20 bits per heavy atom. The fourth-order valence-corrected chi connectivity index (χ4v) is 3.85. The third-order valence-corrected chi connectivity index (χ3v) is 5.00. The van der Waals surface area contributed by atoms with Crippen LogP contribution < -0.4 is 10.6 Å². The van der Waals surface area contributed by atoms with Gasteiger partial charge in [-0.2, -0.15) is 11.8 Å². The number of nitrogens with one attached hydrogen (secondary N) is 2. The number of halogens is 2. The van der Waals surface area contributed by atoms with E-state index in [2.05, 4.69) is 22.5 Å². The van der Waals surface area contributed by atoms with E-state index in [9.17, 15) is 0 Å². The van der Waals surface area contributed by atoms with E-state index in [1.807, 2.05) is 11.8 Å². The fraction of sp³-hybridized carbons (Fsp3) is 0.643. The molecular formula is C14H21Cl2N3S. The van der Waals surface area contributed by atoms with Crippen molar-refractivity contribution in [1.82, 2.24) is 4.98 Å². The number of rotatable bonds is 6. The smallest absolute Gasteiger partial charge is 0.147 e. The lowest BCUT2D eigenvalue weighted by Crippen LogP contribution is -2.20. The summed E-state index contributed by atoms with van der Waals surface area (Å²) in [7, 11) is 0. The van der Waals surface area contributed by atoms with Crippen molar-refractivity contribution >= 4 is 46.6 Å². The molecule has 1 aliphatic heterocycles. The van der Waals surface area contributed by atoms with Crippen molar-refractivity contribution < 1.29 is 0 Å². The highest BCUT2D eigenvalue weighted by atomic mass is 35.5. The summed E-state index contributed by atoms with van der Waals surface area (Å²) in [6.07, 6.45) is 3.57. The molecule has 0 atom stereocenters. The first-order chi connectivity index (χ1) is 9.70. The number of hydrogen-bond acceptors (Lipinski definition) is 4. The van der Waals surface area contributed by atoms with Crippen LogP contribution in [0.5, 0.6) is 0 Å². The number of pyridine rings is 1. The summed E-state index contributed by atoms with van der Waals surface area (Å²) in [5.41, 5.74) is 0. The van der Waals surface area contributed by atoms with Crippen LogP contribution in [0.25, 0.3) is 0 Å². The van der Waals surface area contributed by atoms with Crippen molar-refractivity contribution in [1.29, 1.82) is 0 Å². The Morgan fingerprint density at radius 2 is 1.85 bits per heavy atom. The Hall–Kier alpha value is -0.320. The van der Waals surface area contributed by atoms with E-state index in [4.69, 9.17) is 23.2 Å². The average molecular weight is 334 g/mol. The number of thioether (sulfide) groups is 1. The van der Waals surface area contributed by atoms with Gasteiger partial charge in [0.05, 0.1) is 10.0 Å². The molecule has 0 radical (unpaired) electrons. The summed E-state index contributed by atoms with van der Waals surface area (Å²) in [6.45, 7) is 3.90. The van der Waals surface area contributed by atoms with Gasteiger partial charge in [-0.3, -0.25) is 0 Å². The zero-order valence-electron chi connectivity index (χ0n) is 11.7. The summed E-state index contributed by atoms with van der Waals surface area (Å²) >= 11 is 14.4. The molecule has 1 aliphatic rings. The van der Waals surface area contributed by atoms with Crippen LogP contribution >= 0.6 is 35.0 Å². The summed E-state index contributed by atoms with van der Waals surface area (Å²) < 4.78 is 0. The van der Waals surface area contributed by atoms with E-state index < -0.39 is 0 Å². The molecule has 0 saturated carbocycles. The van der Waals surface area contributed by atoms with E-state index in [0.29, 0.717) is 15.9 Å². The van der Waals surface area contributed by atoms with Gasteiger partial charge in [0.2, 0.25) is 0 Å². The molecular weight excluding hydrogens is 313 g/mol. The van der Waals surface area contributed by atoms with Gasteiger partial charge in [0, 0.05) is 13.1 Å². The largest absolute Gasteiger partial charge is 0.369 e. The lowest BCUT2D eigenvalue weighted by Gasteiger charge is -2.22. The minimum absolute atomic E-state index is 0.572. The molecule has 2 heterocycles. The molecule has 1 saturated heterocycles. The lowest BCUT2D eigenvalue weighted by atomic mass is 10.0. The van der Waals surface area contributed by atoms with E-state index in [1.54, 1.807) is 6.07 Å². The average Bonchev–Trinajstić information content (AvgIpc) is 2.46. The third-order valence-electron chi connectivity index (χ3n) is 3.37. The second kappa shape index (κ2) is 8.20. The first-order valence-electron chi connectivity index (χ1n) is 7.12. The first-order valence-corrected chi connectivity index (χ1v) is 9.03. The maximum Gasteiger partial charge on any atom is 0.147 e. The molecule has 0 aliphatic carbocycles. The molecule has 0 unspecified atom stereocenters. The Kier molecular flexibility index (Phi) is 6.59. The van der Waals surface area contributed by atoms with E-state index in [1.165, 1.54) is 24.3 Å². The molecule has 0 amide bonds. The second-order valence-corrected chi connectivity index (χ2v) is 7.05. The maximum atomic E-state index is 6.21. The molecule has 2 N–H and O–H groups in total. The lowest BCUT2D eigenvalue weighted by molar-refractivity contribution is 0.515. The Labute approximate surface area is 135 Å². The van der Waals surface area contributed by atoms with Crippen molar-refractivity contribution in [2.45, 2.75) is 26.2 Å². The van der Waals surface area contributed by atoms with Crippen LogP contribution in [0, 0.1) is 5.92 Å². The van der Waals surface area contributed by atoms with Crippen LogP contribution in [0.3, 0.4) is 0 Å². The predicted octanol–water partition coefficient (Wildman–Crippen LogP) is 4.77. The summed E-state index contributed by atoms with van der Waals surface area (Å²) in [5, 5.41) is 7.76. The van der Waals surface area contributed by atoms with E-state index in [-0.39, 0.29) is 0 Å². The highest BCUT2D eigenvalue weighted by Gasteiger charge is 2.15. The van der Waals surface area contributed by atoms with Crippen molar-refractivity contribution in [3.63, 3.8) is 0 Å². The molecule has 112 valence electrons. The van der Waals surface area contributed by atoms with Crippen LogP contribution in [0.1, 0.15) is 26.2 Å². The maximum absolute atomic E-state index is 6.21. The molecule has 20 heavy (non-hydrogen) atoms. The van der Waals surface area contributed by atoms with Gasteiger partial charge in [-0.25, -0.2) is 4.98 Å². The van der Waals surface area contributed by atoms with Crippen molar-refractivity contribution in [3.8, 4) is 0 Å². The van der Waals surface area contributed by atoms with Gasteiger partial charge in [0.25, 0.3) is 0 Å². The first kappa shape index (κ1) is 16.1. The third kappa shape index (κ3) is 4.61. The molecule has 1 fully saturated rings. The Balaban J connectivity index is 1.98. The molecule has 1 aromatic heterocycles. The minimum atomic E-state index is 0.572. The van der Waals surface area contributed by atoms with Crippen molar-refractivity contribution in [2.75, 3.05) is 35.2 Å². The van der Waals surface area contributed by atoms with E-state index in [0.717, 1.165) is 31.2 Å². The monoisotopic (exact) mass is 333 g/mol. The Bertz CT molecular complexity index is 437. The number of anilines is 2. The molecule has 0 spiro atoms. The molecule has 0 bridgehead atoms. The highest BCUT2D eigenvalue weighted by Crippen LogP contribution is 2.30. The van der Waals surface area contributed by atoms with Crippen LogP contribution in [-0.2, 0) is 0 Å². The van der Waals surface area contributed by atoms with E-state index >= 15 is 0 Å². The number of nitrogens with zero attached hydrogens (tertiary/aromatic N) is 1. The zero-order chi connectivity index (χ0) is 14.4. The molecule has 6 heteroatoms. The van der Waals surface area contributed by atoms with Crippen LogP contribution in [0.15, 0.2) is 6.07 Å². The second-order valence-electron chi connectivity index (χ2n) is 5.01. The standard InChI is InChI=1S/C14H21Cl2N3S/c1-2-5-17-13-11(15)8-12(16)14(19-13)18-9-10-3-6-20-7-4-10/h8,10H,2-7,9H2,1H3,(H2,17,18,19). The predicted molar refractivity (Wildman–Crippen MR) is 91.6 cm³/mol. The van der Waals surface area contributed by atoms with Crippen LogP contribution in [0.4, 0.5) is 11.6 Å². The molecule has 1 aromatic rings. The number of hydrogen-bond donors (Lipinski definition) is 2. The normalized spacial score (nSPS) is 16.1. The van der Waals surface area contributed by atoms with Gasteiger partial charge in [0.1, 0.15) is 11.6 Å². The van der Waals surface area contributed by atoms with Gasteiger partial charge in [-0.05, 0) is 42.8 Å². The SMILES string of the molecule is CCCNc1nc(NCC2CCSCC2)c(Cl)cc1Cl. The van der Waals surface area contributed by atoms with Gasteiger partial charge in [0.15, 0.2) is 0 Å². The molecule has 0 aromatic carbocycles.